The maximum Gasteiger partial charge on any atom is 0.358 e. The zero-order chi connectivity index (χ0) is 13.1. The molecule has 9 heteroatoms. The Morgan fingerprint density at radius 3 is 2.47 bits per heavy atom. The van der Waals surface area contributed by atoms with E-state index in [1.807, 2.05) is 4.72 Å². The molecule has 0 saturated heterocycles. The van der Waals surface area contributed by atoms with Crippen molar-refractivity contribution in [1.82, 2.24) is 14.7 Å². The zero-order valence-electron chi connectivity index (χ0n) is 9.21. The number of nitrogens with zero attached hydrogens (tertiary/aromatic N) is 2. The molecule has 0 fully saturated rings. The summed E-state index contributed by atoms with van der Waals surface area (Å²) in [5, 5.41) is 8.79. The Bertz CT molecular complexity index is 514. The van der Waals surface area contributed by atoms with Gasteiger partial charge in [-0.25, -0.2) is 14.8 Å². The molecule has 0 saturated carbocycles. The lowest BCUT2D eigenvalue weighted by Gasteiger charge is -2.11. The van der Waals surface area contributed by atoms with Crippen LogP contribution in [-0.4, -0.2) is 35.5 Å². The average molecular weight is 260 g/mol. The van der Waals surface area contributed by atoms with Crippen molar-refractivity contribution in [1.29, 1.82) is 0 Å². The van der Waals surface area contributed by atoms with Crippen LogP contribution in [0.2, 0.25) is 0 Å². The molecule has 0 atom stereocenters. The Morgan fingerprint density at radius 2 is 1.94 bits per heavy atom. The molecule has 17 heavy (non-hydrogen) atoms. The number of aromatic nitrogens is 2. The Labute approximate surface area is 98.3 Å². The van der Waals surface area contributed by atoms with Gasteiger partial charge in [-0.1, -0.05) is 0 Å². The van der Waals surface area contributed by atoms with Crippen LogP contribution < -0.4 is 9.44 Å². The number of carbonyl (C=O) groups is 1. The third-order valence-electron chi connectivity index (χ3n) is 1.52. The largest absolute Gasteiger partial charge is 0.476 e. The third-order valence-corrected chi connectivity index (χ3v) is 2.77. The molecule has 0 radical (unpaired) electrons. The summed E-state index contributed by atoms with van der Waals surface area (Å²) in [6, 6.07) is -0.322. The number of carboxylic acid groups (broad SMARTS) is 1. The van der Waals surface area contributed by atoms with E-state index < -0.39 is 21.9 Å². The summed E-state index contributed by atoms with van der Waals surface area (Å²) in [5.41, 5.74) is -0.457. The lowest BCUT2D eigenvalue weighted by Crippen LogP contribution is -2.36. The zero-order valence-corrected chi connectivity index (χ0v) is 10.0. The summed E-state index contributed by atoms with van der Waals surface area (Å²) < 4.78 is 27.2. The fourth-order valence-electron chi connectivity index (χ4n) is 1.04. The van der Waals surface area contributed by atoms with Crippen LogP contribution in [0.25, 0.3) is 0 Å². The lowest BCUT2D eigenvalue weighted by atomic mass is 10.4. The fraction of sp³-hybridized carbons (Fsp3) is 0.375. The van der Waals surface area contributed by atoms with Crippen molar-refractivity contribution in [3.8, 4) is 0 Å². The summed E-state index contributed by atoms with van der Waals surface area (Å²) in [4.78, 5) is 17.9. The smallest absolute Gasteiger partial charge is 0.358 e. The number of rotatable bonds is 5. The standard InChI is InChI=1S/C8H12N4O4S/c1-5(2)11-17(15,16)12-7-6(8(13)14)9-3-4-10-7/h3-5,11H,1-2H3,(H,10,12)(H,13,14). The van der Waals surface area contributed by atoms with Gasteiger partial charge < -0.3 is 5.11 Å². The highest BCUT2D eigenvalue weighted by molar-refractivity contribution is 7.90. The maximum atomic E-state index is 11.5. The summed E-state index contributed by atoms with van der Waals surface area (Å²) in [5.74, 6) is -1.69. The fourth-order valence-corrected chi connectivity index (χ4v) is 2.12. The van der Waals surface area contributed by atoms with Gasteiger partial charge in [-0.3, -0.25) is 4.72 Å². The van der Waals surface area contributed by atoms with Gasteiger partial charge in [0.05, 0.1) is 0 Å². The third kappa shape index (κ3) is 3.96. The van der Waals surface area contributed by atoms with Crippen molar-refractivity contribution < 1.29 is 18.3 Å². The highest BCUT2D eigenvalue weighted by atomic mass is 32.2. The molecule has 0 unspecified atom stereocenters. The van der Waals surface area contributed by atoms with E-state index in [2.05, 4.69) is 14.7 Å². The van der Waals surface area contributed by atoms with Crippen molar-refractivity contribution >= 4 is 22.0 Å². The second kappa shape index (κ2) is 5.06. The van der Waals surface area contributed by atoms with Crippen LogP contribution in [-0.2, 0) is 10.2 Å². The molecule has 3 N–H and O–H groups in total. The van der Waals surface area contributed by atoms with E-state index >= 15 is 0 Å². The van der Waals surface area contributed by atoms with Crippen molar-refractivity contribution in [3.63, 3.8) is 0 Å². The minimum absolute atomic E-state index is 0.322. The monoisotopic (exact) mass is 260 g/mol. The van der Waals surface area contributed by atoms with Crippen LogP contribution in [0.3, 0.4) is 0 Å². The van der Waals surface area contributed by atoms with Crippen molar-refractivity contribution in [2.75, 3.05) is 4.72 Å². The van der Waals surface area contributed by atoms with E-state index in [4.69, 9.17) is 5.11 Å². The second-order valence-electron chi connectivity index (χ2n) is 3.44. The lowest BCUT2D eigenvalue weighted by molar-refractivity contribution is 0.0691. The van der Waals surface area contributed by atoms with Crippen molar-refractivity contribution in [2.24, 2.45) is 0 Å². The van der Waals surface area contributed by atoms with Crippen LogP contribution in [0.1, 0.15) is 24.3 Å². The van der Waals surface area contributed by atoms with Gasteiger partial charge in [-0.05, 0) is 13.8 Å². The van der Waals surface area contributed by atoms with Gasteiger partial charge in [0.25, 0.3) is 0 Å². The van der Waals surface area contributed by atoms with E-state index in [1.54, 1.807) is 13.8 Å². The molecule has 1 heterocycles. The average Bonchev–Trinajstić information content (AvgIpc) is 2.14. The van der Waals surface area contributed by atoms with Gasteiger partial charge in [0, 0.05) is 18.4 Å². The highest BCUT2D eigenvalue weighted by Crippen LogP contribution is 2.09. The SMILES string of the molecule is CC(C)NS(=O)(=O)Nc1nccnc1C(=O)O. The van der Waals surface area contributed by atoms with Crippen LogP contribution in [0.4, 0.5) is 5.82 Å². The van der Waals surface area contributed by atoms with E-state index in [1.165, 1.54) is 6.20 Å². The summed E-state index contributed by atoms with van der Waals surface area (Å²) >= 11 is 0. The predicted molar refractivity (Wildman–Crippen MR) is 59.8 cm³/mol. The normalized spacial score (nSPS) is 11.5. The molecule has 0 bridgehead atoms. The summed E-state index contributed by atoms with van der Waals surface area (Å²) in [6.07, 6.45) is 2.36. The molecule has 1 aromatic heterocycles. The minimum Gasteiger partial charge on any atom is -0.476 e. The maximum absolute atomic E-state index is 11.5. The Morgan fingerprint density at radius 1 is 1.35 bits per heavy atom. The highest BCUT2D eigenvalue weighted by Gasteiger charge is 2.18. The second-order valence-corrected chi connectivity index (χ2v) is 4.88. The van der Waals surface area contributed by atoms with E-state index in [9.17, 15) is 13.2 Å². The number of carboxylic acids is 1. The van der Waals surface area contributed by atoms with Gasteiger partial charge in [0.1, 0.15) is 0 Å². The predicted octanol–water partition coefficient (Wildman–Crippen LogP) is -0.171. The number of hydrogen-bond donors (Lipinski definition) is 3. The number of aromatic carboxylic acids is 1. The Kier molecular flexibility index (Phi) is 3.97. The number of nitrogens with one attached hydrogen (secondary N) is 2. The molecule has 0 aliphatic rings. The first kappa shape index (κ1) is 13.3. The molecule has 1 rings (SSSR count). The summed E-state index contributed by atoms with van der Waals surface area (Å²) in [6.45, 7) is 3.27. The molecule has 0 aromatic carbocycles. The first-order valence-corrected chi connectivity index (χ1v) is 6.14. The minimum atomic E-state index is -3.86. The quantitative estimate of drug-likeness (QED) is 0.675. The summed E-state index contributed by atoms with van der Waals surface area (Å²) in [7, 11) is -3.86. The van der Waals surface area contributed by atoms with Crippen LogP contribution in [0.15, 0.2) is 12.4 Å². The van der Waals surface area contributed by atoms with Crippen LogP contribution >= 0.6 is 0 Å². The topological polar surface area (TPSA) is 121 Å². The van der Waals surface area contributed by atoms with Crippen molar-refractivity contribution in [3.05, 3.63) is 18.1 Å². The van der Waals surface area contributed by atoms with Gasteiger partial charge in [0.15, 0.2) is 11.5 Å². The van der Waals surface area contributed by atoms with Gasteiger partial charge in [-0.2, -0.15) is 13.1 Å². The van der Waals surface area contributed by atoms with Gasteiger partial charge in [0.2, 0.25) is 0 Å². The van der Waals surface area contributed by atoms with Crippen LogP contribution in [0.5, 0.6) is 0 Å². The Balaban J connectivity index is 3.00. The first-order chi connectivity index (χ1) is 7.82. The number of hydrogen-bond acceptors (Lipinski definition) is 5. The number of anilines is 1. The van der Waals surface area contributed by atoms with Crippen LogP contribution in [0, 0.1) is 0 Å². The van der Waals surface area contributed by atoms with Gasteiger partial charge >= 0.3 is 16.2 Å². The van der Waals surface area contributed by atoms with E-state index in [0.717, 1.165) is 6.20 Å². The first-order valence-electron chi connectivity index (χ1n) is 4.66. The Hall–Kier alpha value is -1.74. The van der Waals surface area contributed by atoms with Gasteiger partial charge in [-0.15, -0.1) is 0 Å². The molecule has 0 aliphatic heterocycles. The van der Waals surface area contributed by atoms with E-state index in [0.29, 0.717) is 0 Å². The molecular formula is C8H12N4O4S. The van der Waals surface area contributed by atoms with E-state index in [-0.39, 0.29) is 11.9 Å². The van der Waals surface area contributed by atoms with Crippen molar-refractivity contribution in [2.45, 2.75) is 19.9 Å². The molecule has 0 amide bonds. The molecule has 0 aliphatic carbocycles. The molecule has 1 aromatic rings. The molecule has 0 spiro atoms. The molecule has 8 nitrogen and oxygen atoms in total. The molecular weight excluding hydrogens is 248 g/mol. The molecule has 94 valence electrons.